The summed E-state index contributed by atoms with van der Waals surface area (Å²) in [7, 11) is 1.69. The molecule has 0 aliphatic carbocycles. The Labute approximate surface area is 74.4 Å². The molecule has 66 valence electrons. The predicted molar refractivity (Wildman–Crippen MR) is 51.7 cm³/mol. The third-order valence-corrected chi connectivity index (χ3v) is 2.30. The van der Waals surface area contributed by atoms with E-state index in [-0.39, 0.29) is 0 Å². The maximum absolute atomic E-state index is 5.08. The summed E-state index contributed by atoms with van der Waals surface area (Å²) in [5, 5.41) is 0. The van der Waals surface area contributed by atoms with Gasteiger partial charge in [-0.25, -0.2) is 0 Å². The van der Waals surface area contributed by atoms with Gasteiger partial charge in [0.1, 0.15) is 5.75 Å². The Morgan fingerprint density at radius 3 is 2.25 bits per heavy atom. The second-order valence-electron chi connectivity index (χ2n) is 3.08. The van der Waals surface area contributed by atoms with Gasteiger partial charge >= 0.3 is 0 Å². The quantitative estimate of drug-likeness (QED) is 0.666. The first kappa shape index (κ1) is 9.11. The van der Waals surface area contributed by atoms with Gasteiger partial charge in [-0.2, -0.15) is 0 Å². The van der Waals surface area contributed by atoms with Crippen molar-refractivity contribution in [2.24, 2.45) is 0 Å². The molecule has 1 aromatic rings. The number of ether oxygens (including phenoxy) is 1. The second kappa shape index (κ2) is 4.15. The molecular formula is C11H16O. The number of rotatable bonds is 3. The molecule has 0 N–H and O–H groups in total. The second-order valence-corrected chi connectivity index (χ2v) is 3.08. The van der Waals surface area contributed by atoms with Gasteiger partial charge in [0, 0.05) is 0 Å². The molecule has 0 aromatic heterocycles. The summed E-state index contributed by atoms with van der Waals surface area (Å²) in [5.41, 5.74) is 1.39. The van der Waals surface area contributed by atoms with Crippen molar-refractivity contribution < 1.29 is 4.74 Å². The van der Waals surface area contributed by atoms with E-state index < -0.39 is 0 Å². The molecule has 12 heavy (non-hydrogen) atoms. The van der Waals surface area contributed by atoms with Crippen LogP contribution in [-0.2, 0) is 0 Å². The molecule has 0 heterocycles. The third kappa shape index (κ3) is 2.00. The standard InChI is InChI=1S/C11H16O/c1-4-9(2)10-5-7-11(12-3)8-6-10/h5-9H,4H2,1-3H3/t9-/m1/s1. The van der Waals surface area contributed by atoms with Crippen LogP contribution in [0.2, 0.25) is 0 Å². The molecule has 1 atom stereocenters. The summed E-state index contributed by atoms with van der Waals surface area (Å²) in [4.78, 5) is 0. The highest BCUT2D eigenvalue weighted by Crippen LogP contribution is 2.20. The summed E-state index contributed by atoms with van der Waals surface area (Å²) in [6, 6.07) is 8.29. The largest absolute Gasteiger partial charge is 0.497 e. The monoisotopic (exact) mass is 164 g/mol. The van der Waals surface area contributed by atoms with Gasteiger partial charge in [0.25, 0.3) is 0 Å². The van der Waals surface area contributed by atoms with E-state index in [1.165, 1.54) is 12.0 Å². The fraction of sp³-hybridized carbons (Fsp3) is 0.455. The first-order valence-electron chi connectivity index (χ1n) is 4.42. The van der Waals surface area contributed by atoms with E-state index in [4.69, 9.17) is 4.74 Å². The Kier molecular flexibility index (Phi) is 3.15. The topological polar surface area (TPSA) is 9.23 Å². The average molecular weight is 164 g/mol. The minimum atomic E-state index is 0.649. The van der Waals surface area contributed by atoms with E-state index >= 15 is 0 Å². The van der Waals surface area contributed by atoms with Crippen LogP contribution in [0.25, 0.3) is 0 Å². The van der Waals surface area contributed by atoms with E-state index in [0.717, 1.165) is 5.75 Å². The molecule has 0 bridgehead atoms. The molecule has 0 saturated carbocycles. The van der Waals surface area contributed by atoms with Crippen LogP contribution < -0.4 is 4.74 Å². The maximum atomic E-state index is 5.08. The number of hydrogen-bond acceptors (Lipinski definition) is 1. The maximum Gasteiger partial charge on any atom is 0.118 e. The molecule has 0 aliphatic heterocycles. The Bertz CT molecular complexity index is 225. The molecule has 0 unspecified atom stereocenters. The van der Waals surface area contributed by atoms with Crippen LogP contribution in [0.5, 0.6) is 5.75 Å². The van der Waals surface area contributed by atoms with Crippen LogP contribution in [0, 0.1) is 0 Å². The highest BCUT2D eigenvalue weighted by Gasteiger charge is 2.01. The third-order valence-electron chi connectivity index (χ3n) is 2.30. The van der Waals surface area contributed by atoms with Gasteiger partial charge in [-0.15, -0.1) is 0 Å². The van der Waals surface area contributed by atoms with Crippen molar-refractivity contribution in [3.05, 3.63) is 29.8 Å². The van der Waals surface area contributed by atoms with E-state index in [1.54, 1.807) is 7.11 Å². The van der Waals surface area contributed by atoms with Gasteiger partial charge in [-0.3, -0.25) is 0 Å². The van der Waals surface area contributed by atoms with Gasteiger partial charge in [-0.05, 0) is 30.0 Å². The molecule has 1 heteroatoms. The van der Waals surface area contributed by atoms with Crippen molar-refractivity contribution in [3.8, 4) is 5.75 Å². The fourth-order valence-electron chi connectivity index (χ4n) is 1.17. The predicted octanol–water partition coefficient (Wildman–Crippen LogP) is 3.21. The fourth-order valence-corrected chi connectivity index (χ4v) is 1.17. The minimum absolute atomic E-state index is 0.649. The molecular weight excluding hydrogens is 148 g/mol. The summed E-state index contributed by atoms with van der Waals surface area (Å²) >= 11 is 0. The van der Waals surface area contributed by atoms with Crippen LogP contribution in [0.3, 0.4) is 0 Å². The van der Waals surface area contributed by atoms with E-state index in [0.29, 0.717) is 5.92 Å². The van der Waals surface area contributed by atoms with E-state index in [2.05, 4.69) is 26.0 Å². The highest BCUT2D eigenvalue weighted by atomic mass is 16.5. The van der Waals surface area contributed by atoms with Crippen molar-refractivity contribution in [2.45, 2.75) is 26.2 Å². The Morgan fingerprint density at radius 1 is 1.25 bits per heavy atom. The number of methoxy groups -OCH3 is 1. The molecule has 0 amide bonds. The SMILES string of the molecule is CC[C@@H](C)c1ccc(OC)cc1. The summed E-state index contributed by atoms with van der Waals surface area (Å²) in [6.45, 7) is 4.44. The lowest BCUT2D eigenvalue weighted by molar-refractivity contribution is 0.414. The summed E-state index contributed by atoms with van der Waals surface area (Å²) < 4.78 is 5.08. The van der Waals surface area contributed by atoms with Gasteiger partial charge in [-0.1, -0.05) is 26.0 Å². The van der Waals surface area contributed by atoms with Crippen LogP contribution in [0.4, 0.5) is 0 Å². The lowest BCUT2D eigenvalue weighted by Crippen LogP contribution is -1.90. The zero-order valence-corrected chi connectivity index (χ0v) is 8.00. The molecule has 0 aliphatic rings. The van der Waals surface area contributed by atoms with Crippen LogP contribution in [0.1, 0.15) is 31.7 Å². The molecule has 0 fully saturated rings. The van der Waals surface area contributed by atoms with Crippen LogP contribution in [0.15, 0.2) is 24.3 Å². The molecule has 1 rings (SSSR count). The number of benzene rings is 1. The summed E-state index contributed by atoms with van der Waals surface area (Å²) in [5.74, 6) is 1.58. The molecule has 1 nitrogen and oxygen atoms in total. The van der Waals surface area contributed by atoms with Crippen molar-refractivity contribution in [1.29, 1.82) is 0 Å². The van der Waals surface area contributed by atoms with Crippen LogP contribution in [-0.4, -0.2) is 7.11 Å². The molecule has 0 radical (unpaired) electrons. The smallest absolute Gasteiger partial charge is 0.118 e. The normalized spacial score (nSPS) is 12.6. The van der Waals surface area contributed by atoms with Gasteiger partial charge < -0.3 is 4.74 Å². The Hall–Kier alpha value is -0.980. The van der Waals surface area contributed by atoms with E-state index in [9.17, 15) is 0 Å². The first-order valence-corrected chi connectivity index (χ1v) is 4.42. The van der Waals surface area contributed by atoms with Gasteiger partial charge in [0.05, 0.1) is 7.11 Å². The number of hydrogen-bond donors (Lipinski definition) is 0. The average Bonchev–Trinajstić information content (AvgIpc) is 2.17. The zero-order chi connectivity index (χ0) is 8.97. The van der Waals surface area contributed by atoms with Crippen molar-refractivity contribution in [2.75, 3.05) is 7.11 Å². The van der Waals surface area contributed by atoms with Crippen molar-refractivity contribution >= 4 is 0 Å². The van der Waals surface area contributed by atoms with Crippen LogP contribution >= 0.6 is 0 Å². The van der Waals surface area contributed by atoms with Crippen molar-refractivity contribution in [3.63, 3.8) is 0 Å². The first-order chi connectivity index (χ1) is 5.77. The van der Waals surface area contributed by atoms with Gasteiger partial charge in [0.2, 0.25) is 0 Å². The summed E-state index contributed by atoms with van der Waals surface area (Å²) in [6.07, 6.45) is 1.19. The molecule has 1 aromatic carbocycles. The Morgan fingerprint density at radius 2 is 1.83 bits per heavy atom. The molecule has 0 spiro atoms. The lowest BCUT2D eigenvalue weighted by Gasteiger charge is -2.08. The minimum Gasteiger partial charge on any atom is -0.497 e. The van der Waals surface area contributed by atoms with Crippen molar-refractivity contribution in [1.82, 2.24) is 0 Å². The molecule has 0 saturated heterocycles. The Balaban J connectivity index is 2.77. The zero-order valence-electron chi connectivity index (χ0n) is 8.00. The lowest BCUT2D eigenvalue weighted by atomic mass is 9.99. The highest BCUT2D eigenvalue weighted by molar-refractivity contribution is 5.28. The van der Waals surface area contributed by atoms with E-state index in [1.807, 2.05) is 12.1 Å². The van der Waals surface area contributed by atoms with Gasteiger partial charge in [0.15, 0.2) is 0 Å².